The quantitative estimate of drug-likeness (QED) is 0.465. The molecule has 0 saturated carbocycles. The monoisotopic (exact) mass is 422 g/mol. The Balaban J connectivity index is 1.36. The second-order valence-electron chi connectivity index (χ2n) is 7.57. The fraction of sp³-hybridized carbons (Fsp3) is 0.318. The topological polar surface area (TPSA) is 62.6 Å². The highest BCUT2D eigenvalue weighted by Gasteiger charge is 2.16. The number of H-pyrrole nitrogens is 1. The van der Waals surface area contributed by atoms with Gasteiger partial charge in [-0.1, -0.05) is 11.8 Å². The molecule has 0 spiro atoms. The average molecular weight is 423 g/mol. The van der Waals surface area contributed by atoms with E-state index in [9.17, 15) is 4.39 Å². The minimum Gasteiger partial charge on any atom is -0.371 e. The van der Waals surface area contributed by atoms with Crippen LogP contribution in [0.15, 0.2) is 48.3 Å². The van der Waals surface area contributed by atoms with Crippen LogP contribution in [0.4, 0.5) is 10.1 Å². The van der Waals surface area contributed by atoms with Crippen molar-refractivity contribution in [1.82, 2.24) is 24.5 Å². The van der Waals surface area contributed by atoms with E-state index in [1.807, 2.05) is 6.20 Å². The van der Waals surface area contributed by atoms with E-state index in [0.717, 1.165) is 29.5 Å². The molecular weight excluding hydrogens is 399 g/mol. The molecule has 154 valence electrons. The Bertz CT molecular complexity index is 1160. The van der Waals surface area contributed by atoms with Gasteiger partial charge in [-0.3, -0.25) is 4.98 Å². The number of aromatic nitrogens is 5. The lowest BCUT2D eigenvalue weighted by molar-refractivity contribution is 0.576. The first-order valence-electron chi connectivity index (χ1n) is 10.2. The Morgan fingerprint density at radius 1 is 1.13 bits per heavy atom. The van der Waals surface area contributed by atoms with Gasteiger partial charge in [0, 0.05) is 49.2 Å². The maximum absolute atomic E-state index is 14.5. The van der Waals surface area contributed by atoms with E-state index in [1.165, 1.54) is 36.6 Å². The first-order chi connectivity index (χ1) is 14.7. The molecule has 3 aromatic heterocycles. The smallest absolute Gasteiger partial charge is 0.166 e. The van der Waals surface area contributed by atoms with Crippen molar-refractivity contribution in [2.45, 2.75) is 37.1 Å². The predicted molar refractivity (Wildman–Crippen MR) is 118 cm³/mol. The van der Waals surface area contributed by atoms with Gasteiger partial charge in [0.2, 0.25) is 0 Å². The Kier molecular flexibility index (Phi) is 5.16. The minimum absolute atomic E-state index is 0.313. The third-order valence-electron chi connectivity index (χ3n) is 5.63. The van der Waals surface area contributed by atoms with E-state index in [1.54, 1.807) is 41.1 Å². The third kappa shape index (κ3) is 3.67. The molecule has 1 saturated heterocycles. The molecule has 0 amide bonds. The number of pyridine rings is 1. The molecule has 8 heteroatoms. The number of fused-ring (bicyclic) bond motifs is 1. The van der Waals surface area contributed by atoms with Crippen LogP contribution in [0.3, 0.4) is 0 Å². The highest BCUT2D eigenvalue weighted by molar-refractivity contribution is 7.98. The normalized spacial score (nSPS) is 14.5. The molecule has 1 aliphatic heterocycles. The van der Waals surface area contributed by atoms with Crippen molar-refractivity contribution in [1.29, 1.82) is 0 Å². The number of benzene rings is 1. The number of nitrogens with one attached hydrogen (secondary N) is 1. The molecule has 0 atom stereocenters. The molecule has 4 heterocycles. The van der Waals surface area contributed by atoms with E-state index in [-0.39, 0.29) is 5.82 Å². The highest BCUT2D eigenvalue weighted by atomic mass is 32.2. The molecule has 6 nitrogen and oxygen atoms in total. The summed E-state index contributed by atoms with van der Waals surface area (Å²) in [4.78, 5) is 18.9. The van der Waals surface area contributed by atoms with Gasteiger partial charge < -0.3 is 14.5 Å². The van der Waals surface area contributed by atoms with Crippen LogP contribution in [0.2, 0.25) is 0 Å². The van der Waals surface area contributed by atoms with Crippen LogP contribution in [-0.2, 0) is 5.75 Å². The predicted octanol–water partition coefficient (Wildman–Crippen LogP) is 4.87. The van der Waals surface area contributed by atoms with Crippen molar-refractivity contribution in [2.75, 3.05) is 18.0 Å². The summed E-state index contributed by atoms with van der Waals surface area (Å²) in [6, 6.07) is 5.35. The number of hydrogen-bond acceptors (Lipinski definition) is 5. The molecule has 0 unspecified atom stereocenters. The van der Waals surface area contributed by atoms with Gasteiger partial charge in [-0.05, 0) is 43.9 Å². The lowest BCUT2D eigenvalue weighted by atomic mass is 10.1. The van der Waals surface area contributed by atoms with E-state index >= 15 is 0 Å². The molecule has 1 N–H and O–H groups in total. The number of aromatic amines is 1. The molecule has 30 heavy (non-hydrogen) atoms. The van der Waals surface area contributed by atoms with Gasteiger partial charge in [0.05, 0.1) is 28.7 Å². The zero-order valence-corrected chi connectivity index (χ0v) is 17.6. The van der Waals surface area contributed by atoms with Crippen molar-refractivity contribution in [3.05, 3.63) is 60.2 Å². The van der Waals surface area contributed by atoms with Crippen molar-refractivity contribution in [3.63, 3.8) is 0 Å². The fourth-order valence-electron chi connectivity index (χ4n) is 3.99. The van der Waals surface area contributed by atoms with Crippen LogP contribution in [0.5, 0.6) is 0 Å². The Morgan fingerprint density at radius 2 is 2.00 bits per heavy atom. The van der Waals surface area contributed by atoms with Gasteiger partial charge in [-0.15, -0.1) is 0 Å². The number of piperidine rings is 1. The number of halogens is 1. The Morgan fingerprint density at radius 3 is 2.80 bits per heavy atom. The largest absolute Gasteiger partial charge is 0.371 e. The van der Waals surface area contributed by atoms with Crippen LogP contribution >= 0.6 is 11.8 Å². The summed E-state index contributed by atoms with van der Waals surface area (Å²) in [6.07, 6.45) is 10.6. The number of anilines is 1. The van der Waals surface area contributed by atoms with Crippen LogP contribution < -0.4 is 4.90 Å². The van der Waals surface area contributed by atoms with Crippen molar-refractivity contribution >= 4 is 28.5 Å². The summed E-state index contributed by atoms with van der Waals surface area (Å²) >= 11 is 1.59. The second-order valence-corrected chi connectivity index (χ2v) is 8.53. The maximum atomic E-state index is 14.5. The zero-order valence-electron chi connectivity index (χ0n) is 16.8. The van der Waals surface area contributed by atoms with E-state index in [0.29, 0.717) is 17.0 Å². The average Bonchev–Trinajstić information content (AvgIpc) is 3.42. The Labute approximate surface area is 178 Å². The molecule has 4 aromatic rings. The van der Waals surface area contributed by atoms with Gasteiger partial charge in [-0.25, -0.2) is 14.4 Å². The van der Waals surface area contributed by atoms with Crippen molar-refractivity contribution < 1.29 is 4.39 Å². The maximum Gasteiger partial charge on any atom is 0.166 e. The molecule has 0 bridgehead atoms. The summed E-state index contributed by atoms with van der Waals surface area (Å²) < 4.78 is 16.1. The van der Waals surface area contributed by atoms with Crippen molar-refractivity contribution in [2.24, 2.45) is 0 Å². The van der Waals surface area contributed by atoms with Crippen LogP contribution in [0, 0.1) is 12.7 Å². The molecule has 1 fully saturated rings. The number of nitrogens with zero attached hydrogens (tertiary/aromatic N) is 5. The molecule has 1 aromatic carbocycles. The van der Waals surface area contributed by atoms with Crippen LogP contribution in [0.25, 0.3) is 16.7 Å². The summed E-state index contributed by atoms with van der Waals surface area (Å²) in [5.41, 5.74) is 5.44. The highest BCUT2D eigenvalue weighted by Crippen LogP contribution is 2.30. The van der Waals surface area contributed by atoms with Gasteiger partial charge >= 0.3 is 0 Å². The Hall–Kier alpha value is -2.87. The summed E-state index contributed by atoms with van der Waals surface area (Å²) in [7, 11) is 0. The second kappa shape index (κ2) is 8.10. The first kappa shape index (κ1) is 19.1. The number of hydrogen-bond donors (Lipinski definition) is 1. The lowest BCUT2D eigenvalue weighted by Crippen LogP contribution is -2.30. The number of imidazole rings is 2. The third-order valence-corrected chi connectivity index (χ3v) is 6.52. The molecule has 1 aliphatic rings. The molecule has 0 radical (unpaired) electrons. The van der Waals surface area contributed by atoms with Gasteiger partial charge in [-0.2, -0.15) is 0 Å². The minimum atomic E-state index is -0.313. The van der Waals surface area contributed by atoms with E-state index in [4.69, 9.17) is 0 Å². The van der Waals surface area contributed by atoms with Crippen molar-refractivity contribution in [3.8, 4) is 5.69 Å². The first-order valence-corrected chi connectivity index (χ1v) is 11.2. The van der Waals surface area contributed by atoms with Gasteiger partial charge in [0.25, 0.3) is 0 Å². The van der Waals surface area contributed by atoms with Crippen LogP contribution in [-0.4, -0.2) is 37.6 Å². The fourth-order valence-corrected chi connectivity index (χ4v) is 4.90. The standard InChI is InChI=1S/C22H23FN6S/c1-15-19(25-6-5-20(15)28-8-3-2-4-9-28)13-30-22-26-17-11-16(23)21(12-18(17)27-22)29-10-7-24-14-29/h5-7,10-12,14H,2-4,8-9,13H2,1H3,(H,26,27). The summed E-state index contributed by atoms with van der Waals surface area (Å²) in [5.74, 6) is 0.400. The van der Waals surface area contributed by atoms with E-state index in [2.05, 4.69) is 37.8 Å². The van der Waals surface area contributed by atoms with Gasteiger partial charge in [0.15, 0.2) is 5.16 Å². The molecular formula is C22H23FN6S. The zero-order chi connectivity index (χ0) is 20.5. The van der Waals surface area contributed by atoms with Gasteiger partial charge in [0.1, 0.15) is 5.82 Å². The SMILES string of the molecule is Cc1c(N2CCCCC2)ccnc1CSc1nc2cc(-n3ccnc3)c(F)cc2[nH]1. The summed E-state index contributed by atoms with van der Waals surface area (Å²) in [6.45, 7) is 4.38. The van der Waals surface area contributed by atoms with Crippen LogP contribution in [0.1, 0.15) is 30.5 Å². The molecule has 5 rings (SSSR count). The molecule has 0 aliphatic carbocycles. The van der Waals surface area contributed by atoms with E-state index < -0.39 is 0 Å². The lowest BCUT2D eigenvalue weighted by Gasteiger charge is -2.30. The number of rotatable bonds is 5. The summed E-state index contributed by atoms with van der Waals surface area (Å²) in [5, 5.41) is 0.761. The number of thioether (sulfide) groups is 1.